The monoisotopic (exact) mass is 560 g/mol. The number of hydrogen-bond donors (Lipinski definition) is 0. The van der Waals surface area contributed by atoms with Gasteiger partial charge in [-0.15, -0.1) is 0 Å². The summed E-state index contributed by atoms with van der Waals surface area (Å²) in [5.74, 6) is 0.0990. The summed E-state index contributed by atoms with van der Waals surface area (Å²) in [4.78, 5) is 13.5. The van der Waals surface area contributed by atoms with Crippen molar-refractivity contribution in [2.45, 2.75) is 188 Å². The van der Waals surface area contributed by atoms with Crippen LogP contribution in [-0.2, 0) is 9.53 Å². The molecule has 230 valence electrons. The van der Waals surface area contributed by atoms with E-state index in [2.05, 4.69) is 27.7 Å². The van der Waals surface area contributed by atoms with E-state index in [1.54, 1.807) is 0 Å². The molecule has 0 aliphatic rings. The lowest BCUT2D eigenvalue weighted by Gasteiger charge is -2.44. The van der Waals surface area contributed by atoms with Gasteiger partial charge in [0.2, 0.25) is 0 Å². The van der Waals surface area contributed by atoms with Gasteiger partial charge in [-0.1, -0.05) is 124 Å². The van der Waals surface area contributed by atoms with E-state index in [1.807, 2.05) is 6.92 Å². The predicted octanol–water partition coefficient (Wildman–Crippen LogP) is 7.79. The number of carbonyl (C=O) groups excluding carboxylic acids is 1. The Morgan fingerprint density at radius 2 is 0.816 bits per heavy atom. The van der Waals surface area contributed by atoms with E-state index in [-0.39, 0.29) is 24.4 Å². The fraction of sp³-hybridized carbons (Fsp3) is 0.971. The predicted molar refractivity (Wildman–Crippen MR) is 164 cm³/mol. The number of halogens is 1. The van der Waals surface area contributed by atoms with Crippen LogP contribution in [0, 0.1) is 0 Å². The Labute approximate surface area is 246 Å². The molecule has 0 fully saturated rings. The molecule has 0 saturated carbocycles. The Kier molecular flexibility index (Phi) is 31.2. The van der Waals surface area contributed by atoms with Crippen molar-refractivity contribution in [2.75, 3.05) is 26.2 Å². The molecule has 0 aliphatic carbocycles. The van der Waals surface area contributed by atoms with Crippen molar-refractivity contribution in [3.8, 4) is 0 Å². The average Bonchev–Trinajstić information content (AvgIpc) is 2.90. The first-order valence-electron chi connectivity index (χ1n) is 17.1. The molecular formula is C34H70ClNO2. The van der Waals surface area contributed by atoms with Crippen LogP contribution in [0.3, 0.4) is 0 Å². The first kappa shape index (κ1) is 39.9. The first-order chi connectivity index (χ1) is 18.1. The molecule has 0 heterocycles. The molecule has 0 aliphatic heterocycles. The van der Waals surface area contributed by atoms with Gasteiger partial charge in [0.15, 0.2) is 6.04 Å². The first-order valence-corrected chi connectivity index (χ1v) is 17.1. The topological polar surface area (TPSA) is 26.3 Å². The second kappa shape index (κ2) is 29.7. The molecule has 0 aromatic carbocycles. The summed E-state index contributed by atoms with van der Waals surface area (Å²) in [6, 6.07) is 0.0405. The SMILES string of the molecule is CCCCCCCC[N+](CCCCCCCC)(CCCCCCCC)C(CCCCCC)C(=O)OCC.[Cl-]. The molecule has 0 amide bonds. The van der Waals surface area contributed by atoms with Gasteiger partial charge in [0.05, 0.1) is 26.2 Å². The fourth-order valence-corrected chi connectivity index (χ4v) is 6.04. The van der Waals surface area contributed by atoms with Gasteiger partial charge in [-0.3, -0.25) is 0 Å². The lowest BCUT2D eigenvalue weighted by molar-refractivity contribution is -0.944. The fourth-order valence-electron chi connectivity index (χ4n) is 6.04. The standard InChI is InChI=1S/C34H70NO2.ClH/c1-6-11-15-19-22-26-30-35(31-27-23-20-16-12-7-2,32-28-24-21-17-13-8-3)33(34(36)37-10-5)29-25-18-14-9-4;/h33H,6-32H2,1-5H3;1H/q+1;/p-1. The van der Waals surface area contributed by atoms with Crippen LogP contribution in [-0.4, -0.2) is 42.7 Å². The summed E-state index contributed by atoms with van der Waals surface area (Å²) in [6.07, 6.45) is 29.8. The van der Waals surface area contributed by atoms with E-state index < -0.39 is 0 Å². The van der Waals surface area contributed by atoms with E-state index in [4.69, 9.17) is 4.74 Å². The quantitative estimate of drug-likeness (QED) is 0.0531. The second-order valence-electron chi connectivity index (χ2n) is 11.8. The minimum Gasteiger partial charge on any atom is -1.00 e. The summed E-state index contributed by atoms with van der Waals surface area (Å²) < 4.78 is 6.80. The zero-order valence-corrected chi connectivity index (χ0v) is 27.6. The Bertz CT molecular complexity index is 444. The molecular weight excluding hydrogens is 490 g/mol. The number of hydrogen-bond acceptors (Lipinski definition) is 2. The van der Waals surface area contributed by atoms with Crippen LogP contribution in [0.25, 0.3) is 0 Å². The number of unbranched alkanes of at least 4 members (excludes halogenated alkanes) is 18. The van der Waals surface area contributed by atoms with Gasteiger partial charge in [0.1, 0.15) is 0 Å². The Hall–Kier alpha value is -0.280. The summed E-state index contributed by atoms with van der Waals surface area (Å²) >= 11 is 0. The number of esters is 1. The van der Waals surface area contributed by atoms with Crippen molar-refractivity contribution >= 4 is 5.97 Å². The van der Waals surface area contributed by atoms with Gasteiger partial charge in [0.25, 0.3) is 0 Å². The van der Waals surface area contributed by atoms with Crippen LogP contribution in [0.5, 0.6) is 0 Å². The minimum absolute atomic E-state index is 0. The summed E-state index contributed by atoms with van der Waals surface area (Å²) in [5.41, 5.74) is 0. The molecule has 1 unspecified atom stereocenters. The normalized spacial score (nSPS) is 12.3. The lowest BCUT2D eigenvalue weighted by Crippen LogP contribution is -3.00. The maximum atomic E-state index is 13.5. The smallest absolute Gasteiger partial charge is 0.364 e. The van der Waals surface area contributed by atoms with E-state index in [1.165, 1.54) is 161 Å². The third-order valence-corrected chi connectivity index (χ3v) is 8.42. The lowest BCUT2D eigenvalue weighted by atomic mass is 9.98. The highest BCUT2D eigenvalue weighted by Crippen LogP contribution is 2.27. The molecule has 0 N–H and O–H groups in total. The maximum absolute atomic E-state index is 13.5. The number of quaternary nitrogens is 1. The minimum atomic E-state index is 0. The molecule has 0 rings (SSSR count). The molecule has 0 aromatic rings. The largest absolute Gasteiger partial charge is 1.00 e. The van der Waals surface area contributed by atoms with Crippen molar-refractivity contribution in [3.05, 3.63) is 0 Å². The van der Waals surface area contributed by atoms with E-state index in [0.29, 0.717) is 6.61 Å². The Morgan fingerprint density at radius 1 is 0.500 bits per heavy atom. The maximum Gasteiger partial charge on any atom is 0.364 e. The van der Waals surface area contributed by atoms with Crippen molar-refractivity contribution < 1.29 is 26.4 Å². The molecule has 3 nitrogen and oxygen atoms in total. The molecule has 1 atom stereocenters. The number of rotatable bonds is 29. The molecule has 0 radical (unpaired) electrons. The van der Waals surface area contributed by atoms with Crippen molar-refractivity contribution in [1.82, 2.24) is 0 Å². The Morgan fingerprint density at radius 3 is 1.16 bits per heavy atom. The third kappa shape index (κ3) is 20.6. The summed E-state index contributed by atoms with van der Waals surface area (Å²) in [5, 5.41) is 0. The second-order valence-corrected chi connectivity index (χ2v) is 11.8. The zero-order chi connectivity index (χ0) is 27.5. The Balaban J connectivity index is 0. The van der Waals surface area contributed by atoms with Crippen LogP contribution in [0.2, 0.25) is 0 Å². The van der Waals surface area contributed by atoms with Crippen LogP contribution >= 0.6 is 0 Å². The van der Waals surface area contributed by atoms with E-state index in [9.17, 15) is 4.79 Å². The van der Waals surface area contributed by atoms with E-state index in [0.717, 1.165) is 10.9 Å². The molecule has 38 heavy (non-hydrogen) atoms. The van der Waals surface area contributed by atoms with Gasteiger partial charge in [-0.05, 0) is 51.9 Å². The number of ether oxygens (including phenoxy) is 1. The van der Waals surface area contributed by atoms with Gasteiger partial charge in [0, 0.05) is 6.42 Å². The van der Waals surface area contributed by atoms with Crippen LogP contribution < -0.4 is 12.4 Å². The molecule has 4 heteroatoms. The highest BCUT2D eigenvalue weighted by atomic mass is 35.5. The molecule has 0 saturated heterocycles. The van der Waals surface area contributed by atoms with Crippen molar-refractivity contribution in [2.24, 2.45) is 0 Å². The average molecular weight is 560 g/mol. The molecule has 0 aromatic heterocycles. The third-order valence-electron chi connectivity index (χ3n) is 8.42. The van der Waals surface area contributed by atoms with Crippen LogP contribution in [0.1, 0.15) is 182 Å². The number of nitrogens with zero attached hydrogens (tertiary/aromatic N) is 1. The highest BCUT2D eigenvalue weighted by molar-refractivity contribution is 5.74. The number of carbonyl (C=O) groups is 1. The zero-order valence-electron chi connectivity index (χ0n) is 26.8. The van der Waals surface area contributed by atoms with Gasteiger partial charge in [-0.2, -0.15) is 0 Å². The molecule has 0 bridgehead atoms. The summed E-state index contributed by atoms with van der Waals surface area (Å²) in [7, 11) is 0. The van der Waals surface area contributed by atoms with Gasteiger partial charge >= 0.3 is 5.97 Å². The van der Waals surface area contributed by atoms with Crippen molar-refractivity contribution in [3.63, 3.8) is 0 Å². The van der Waals surface area contributed by atoms with Crippen LogP contribution in [0.4, 0.5) is 0 Å². The van der Waals surface area contributed by atoms with Gasteiger partial charge < -0.3 is 21.6 Å². The molecule has 0 spiro atoms. The highest BCUT2D eigenvalue weighted by Gasteiger charge is 2.41. The van der Waals surface area contributed by atoms with E-state index >= 15 is 0 Å². The van der Waals surface area contributed by atoms with Crippen LogP contribution in [0.15, 0.2) is 0 Å². The summed E-state index contributed by atoms with van der Waals surface area (Å²) in [6.45, 7) is 15.2. The van der Waals surface area contributed by atoms with Gasteiger partial charge in [-0.25, -0.2) is 4.79 Å². The van der Waals surface area contributed by atoms with Crippen molar-refractivity contribution in [1.29, 1.82) is 0 Å².